The van der Waals surface area contributed by atoms with Crippen molar-refractivity contribution in [1.29, 1.82) is 0 Å². The quantitative estimate of drug-likeness (QED) is 0.582. The van der Waals surface area contributed by atoms with E-state index in [0.29, 0.717) is 5.02 Å². The molecule has 0 bridgehead atoms. The van der Waals surface area contributed by atoms with Crippen LogP contribution >= 0.6 is 23.2 Å². The number of nitrogens with zero attached hydrogens (tertiary/aromatic N) is 2. The van der Waals surface area contributed by atoms with Gasteiger partial charge in [-0.1, -0.05) is 35.3 Å². The van der Waals surface area contributed by atoms with E-state index in [4.69, 9.17) is 28.0 Å². The van der Waals surface area contributed by atoms with Gasteiger partial charge in [0, 0.05) is 40.7 Å². The highest BCUT2D eigenvalue weighted by Crippen LogP contribution is 2.39. The molecule has 2 aromatic carbocycles. The average molecular weight is 490 g/mol. The summed E-state index contributed by atoms with van der Waals surface area (Å²) >= 11 is 12.8. The van der Waals surface area contributed by atoms with Gasteiger partial charge in [-0.3, -0.25) is 4.79 Å². The zero-order chi connectivity index (χ0) is 24.0. The lowest BCUT2D eigenvalue weighted by Gasteiger charge is -2.33. The van der Waals surface area contributed by atoms with Crippen LogP contribution in [0.5, 0.6) is 0 Å². The molecular formula is C26H33Cl2N3O2. The Labute approximate surface area is 207 Å². The number of aldehydes is 1. The normalized spacial score (nSPS) is 21.2. The van der Waals surface area contributed by atoms with Gasteiger partial charge >= 0.3 is 0 Å². The Morgan fingerprint density at radius 1 is 1.09 bits per heavy atom. The summed E-state index contributed by atoms with van der Waals surface area (Å²) < 4.78 is 0. The van der Waals surface area contributed by atoms with E-state index < -0.39 is 0 Å². The van der Waals surface area contributed by atoms with E-state index in [0.717, 1.165) is 68.0 Å². The number of likely N-dealkylation sites (tertiary alicyclic amines) is 1. The first-order valence-electron chi connectivity index (χ1n) is 11.5. The zero-order valence-corrected chi connectivity index (χ0v) is 21.1. The van der Waals surface area contributed by atoms with Gasteiger partial charge in [0.2, 0.25) is 5.91 Å². The Bertz CT molecular complexity index is 982. The minimum Gasteiger partial charge on any atom is -0.326 e. The lowest BCUT2D eigenvalue weighted by atomic mass is 9.84. The molecule has 2 aliphatic rings. The molecule has 1 saturated heterocycles. The summed E-state index contributed by atoms with van der Waals surface area (Å²) in [6.45, 7) is 5.19. The van der Waals surface area contributed by atoms with Crippen LogP contribution in [0.25, 0.3) is 0 Å². The molecule has 2 aromatic rings. The van der Waals surface area contributed by atoms with Gasteiger partial charge in [-0.05, 0) is 94.3 Å². The number of carbonyl (C=O) groups is 2. The van der Waals surface area contributed by atoms with E-state index >= 15 is 0 Å². The number of halogens is 2. The fraction of sp³-hybridized carbons (Fsp3) is 0.462. The molecular weight excluding hydrogens is 457 g/mol. The average Bonchev–Trinajstić information content (AvgIpc) is 2.99. The highest BCUT2D eigenvalue weighted by Gasteiger charge is 2.27. The van der Waals surface area contributed by atoms with E-state index in [-0.39, 0.29) is 17.7 Å². The first kappa shape index (κ1) is 25.7. The van der Waals surface area contributed by atoms with Crippen LogP contribution in [0.2, 0.25) is 10.0 Å². The lowest BCUT2D eigenvalue weighted by Crippen LogP contribution is -2.31. The van der Waals surface area contributed by atoms with Crippen LogP contribution in [0.4, 0.5) is 5.69 Å². The number of nitrogens with one attached hydrogen (secondary N) is 1. The Morgan fingerprint density at radius 2 is 1.85 bits per heavy atom. The summed E-state index contributed by atoms with van der Waals surface area (Å²) in [5.74, 6) is 0.380. The fourth-order valence-corrected chi connectivity index (χ4v) is 5.28. The van der Waals surface area contributed by atoms with Crippen LogP contribution < -0.4 is 5.32 Å². The van der Waals surface area contributed by atoms with E-state index in [1.54, 1.807) is 0 Å². The van der Waals surface area contributed by atoms with Crippen LogP contribution in [0.3, 0.4) is 0 Å². The molecule has 4 rings (SSSR count). The van der Waals surface area contributed by atoms with Crippen molar-refractivity contribution in [3.63, 3.8) is 0 Å². The number of likely N-dealkylation sites (N-methyl/N-ethyl adjacent to an activating group) is 1. The molecule has 1 fully saturated rings. The Morgan fingerprint density at radius 3 is 2.61 bits per heavy atom. The highest BCUT2D eigenvalue weighted by atomic mass is 35.5. The number of hydrogen-bond donors (Lipinski definition) is 1. The van der Waals surface area contributed by atoms with Gasteiger partial charge in [0.1, 0.15) is 6.29 Å². The molecule has 7 heteroatoms. The number of benzene rings is 2. The van der Waals surface area contributed by atoms with Gasteiger partial charge in [0.05, 0.1) is 0 Å². The Hall–Kier alpha value is -1.92. The smallest absolute Gasteiger partial charge is 0.227 e. The second-order valence-corrected chi connectivity index (χ2v) is 9.83. The van der Waals surface area contributed by atoms with Crippen LogP contribution in [-0.2, 0) is 16.1 Å². The lowest BCUT2D eigenvalue weighted by molar-refractivity contribution is -0.120. The Kier molecular flexibility index (Phi) is 9.33. The number of rotatable bonds is 3. The highest BCUT2D eigenvalue weighted by molar-refractivity contribution is 6.35. The van der Waals surface area contributed by atoms with Crippen molar-refractivity contribution in [3.8, 4) is 0 Å². The molecule has 2 atom stereocenters. The van der Waals surface area contributed by atoms with Crippen molar-refractivity contribution in [2.75, 3.05) is 39.0 Å². The molecule has 0 aliphatic carbocycles. The number of amides is 1. The summed E-state index contributed by atoms with van der Waals surface area (Å²) in [5, 5.41) is 4.55. The third-order valence-corrected chi connectivity index (χ3v) is 6.93. The van der Waals surface area contributed by atoms with Gasteiger partial charge in [-0.25, -0.2) is 0 Å². The molecule has 2 heterocycles. The number of hydrogen-bond acceptors (Lipinski definition) is 4. The monoisotopic (exact) mass is 489 g/mol. The number of fused-ring (bicyclic) bond motifs is 1. The minimum absolute atomic E-state index is 0.0813. The van der Waals surface area contributed by atoms with E-state index in [1.165, 1.54) is 18.1 Å². The predicted octanol–water partition coefficient (Wildman–Crippen LogP) is 5.45. The van der Waals surface area contributed by atoms with Gasteiger partial charge in [0.25, 0.3) is 0 Å². The van der Waals surface area contributed by atoms with Gasteiger partial charge in [0.15, 0.2) is 0 Å². The second kappa shape index (κ2) is 12.0. The molecule has 178 valence electrons. The number of anilines is 1. The van der Waals surface area contributed by atoms with Crippen molar-refractivity contribution >= 4 is 41.1 Å². The van der Waals surface area contributed by atoms with Crippen molar-refractivity contribution in [3.05, 3.63) is 63.1 Å². The molecule has 33 heavy (non-hydrogen) atoms. The molecule has 2 aliphatic heterocycles. The molecule has 0 radical (unpaired) electrons. The molecule has 0 spiro atoms. The molecule has 2 unspecified atom stereocenters. The topological polar surface area (TPSA) is 52.7 Å². The van der Waals surface area contributed by atoms with Crippen LogP contribution in [0.1, 0.15) is 48.8 Å². The molecule has 1 amide bonds. The van der Waals surface area contributed by atoms with Crippen LogP contribution in [0.15, 0.2) is 36.4 Å². The zero-order valence-electron chi connectivity index (χ0n) is 19.6. The van der Waals surface area contributed by atoms with Crippen molar-refractivity contribution in [2.45, 2.75) is 38.6 Å². The van der Waals surface area contributed by atoms with E-state index in [9.17, 15) is 4.79 Å². The Balaban J connectivity index is 0.000000968. The van der Waals surface area contributed by atoms with Gasteiger partial charge < -0.3 is 19.9 Å². The van der Waals surface area contributed by atoms with Gasteiger partial charge in [-0.15, -0.1) is 0 Å². The molecule has 5 nitrogen and oxygen atoms in total. The standard InChI is InChI=1S/C24H29Cl2N3O.C2H4O/c1-28-9-4-6-16(8-10-28)24(30)27-19-7-3-5-17(11-19)21-14-29(2)15-22-20(21)12-18(25)13-23(22)26;1-2-3/h3,5,7,11-13,16,21H,4,6,8-10,14-15H2,1-2H3,(H,27,30);2H,1H3. The largest absolute Gasteiger partial charge is 0.326 e. The van der Waals surface area contributed by atoms with Crippen LogP contribution in [0, 0.1) is 5.92 Å². The van der Waals surface area contributed by atoms with E-state index in [2.05, 4.69) is 41.3 Å². The third kappa shape index (κ3) is 6.80. The first-order valence-corrected chi connectivity index (χ1v) is 12.2. The van der Waals surface area contributed by atoms with E-state index in [1.807, 2.05) is 24.3 Å². The third-order valence-electron chi connectivity index (χ3n) is 6.37. The maximum Gasteiger partial charge on any atom is 0.227 e. The second-order valence-electron chi connectivity index (χ2n) is 8.99. The predicted molar refractivity (Wildman–Crippen MR) is 136 cm³/mol. The maximum absolute atomic E-state index is 12.9. The summed E-state index contributed by atoms with van der Waals surface area (Å²) in [6, 6.07) is 12.1. The molecule has 0 aromatic heterocycles. The van der Waals surface area contributed by atoms with Crippen molar-refractivity contribution in [2.24, 2.45) is 5.92 Å². The fourth-order valence-electron chi connectivity index (χ4n) is 4.71. The summed E-state index contributed by atoms with van der Waals surface area (Å²) in [4.78, 5) is 26.3. The molecule has 0 saturated carbocycles. The SMILES string of the molecule is CC=O.CN1CCCC(C(=O)Nc2cccc(C3CN(C)Cc4c(Cl)cc(Cl)cc43)c2)CC1. The summed E-state index contributed by atoms with van der Waals surface area (Å²) in [6.07, 6.45) is 3.69. The van der Waals surface area contributed by atoms with Crippen LogP contribution in [-0.4, -0.2) is 55.7 Å². The summed E-state index contributed by atoms with van der Waals surface area (Å²) in [5.41, 5.74) is 4.34. The summed E-state index contributed by atoms with van der Waals surface area (Å²) in [7, 11) is 4.23. The van der Waals surface area contributed by atoms with Crippen molar-refractivity contribution in [1.82, 2.24) is 9.80 Å². The maximum atomic E-state index is 12.9. The first-order chi connectivity index (χ1) is 15.8. The molecule has 1 N–H and O–H groups in total. The minimum atomic E-state index is 0.0813. The number of carbonyl (C=O) groups excluding carboxylic acids is 2. The van der Waals surface area contributed by atoms with Crippen molar-refractivity contribution < 1.29 is 9.59 Å². The van der Waals surface area contributed by atoms with Gasteiger partial charge in [-0.2, -0.15) is 0 Å².